The Morgan fingerprint density at radius 3 is 2.46 bits per heavy atom. The summed E-state index contributed by atoms with van der Waals surface area (Å²) in [6.07, 6.45) is -2.55. The maximum absolute atomic E-state index is 13.0. The SMILES string of the molecule is FC(F)(F)c1cc(Oc2ccccc2C2CCNCC2)ccc1Cl. The highest BCUT2D eigenvalue weighted by atomic mass is 35.5. The van der Waals surface area contributed by atoms with Crippen LogP contribution in [0.2, 0.25) is 5.02 Å². The predicted octanol–water partition coefficient (Wildman–Crippen LogP) is 5.62. The third kappa shape index (κ3) is 3.84. The van der Waals surface area contributed by atoms with E-state index in [1.165, 1.54) is 12.1 Å². The normalized spacial score (nSPS) is 16.2. The Morgan fingerprint density at radius 2 is 1.75 bits per heavy atom. The fourth-order valence-electron chi connectivity index (χ4n) is 2.96. The van der Waals surface area contributed by atoms with Gasteiger partial charge in [-0.2, -0.15) is 13.2 Å². The van der Waals surface area contributed by atoms with Gasteiger partial charge in [-0.3, -0.25) is 0 Å². The summed E-state index contributed by atoms with van der Waals surface area (Å²) in [5, 5.41) is 2.97. The van der Waals surface area contributed by atoms with E-state index in [-0.39, 0.29) is 10.8 Å². The van der Waals surface area contributed by atoms with Crippen molar-refractivity contribution in [3.8, 4) is 11.5 Å². The number of hydrogen-bond donors (Lipinski definition) is 1. The smallest absolute Gasteiger partial charge is 0.417 e. The maximum Gasteiger partial charge on any atom is 0.417 e. The van der Waals surface area contributed by atoms with Gasteiger partial charge in [-0.25, -0.2) is 0 Å². The summed E-state index contributed by atoms with van der Waals surface area (Å²) in [6.45, 7) is 1.86. The zero-order valence-corrected chi connectivity index (χ0v) is 13.6. The summed E-state index contributed by atoms with van der Waals surface area (Å²) >= 11 is 5.65. The molecule has 0 unspecified atom stereocenters. The van der Waals surface area contributed by atoms with Gasteiger partial charge in [0.15, 0.2) is 0 Å². The van der Waals surface area contributed by atoms with Gasteiger partial charge in [-0.15, -0.1) is 0 Å². The molecule has 6 heteroatoms. The minimum absolute atomic E-state index is 0.133. The van der Waals surface area contributed by atoms with Crippen LogP contribution in [0, 0.1) is 0 Å². The molecule has 0 bridgehead atoms. The van der Waals surface area contributed by atoms with Crippen LogP contribution in [0.25, 0.3) is 0 Å². The van der Waals surface area contributed by atoms with Crippen LogP contribution in [0.5, 0.6) is 11.5 Å². The number of nitrogens with one attached hydrogen (secondary N) is 1. The largest absolute Gasteiger partial charge is 0.457 e. The Bertz CT molecular complexity index is 712. The Morgan fingerprint density at radius 1 is 1.04 bits per heavy atom. The first kappa shape index (κ1) is 17.1. The van der Waals surface area contributed by atoms with Crippen LogP contribution in [0.15, 0.2) is 42.5 Å². The minimum atomic E-state index is -4.51. The lowest BCUT2D eigenvalue weighted by Crippen LogP contribution is -2.26. The number of halogens is 4. The third-order valence-electron chi connectivity index (χ3n) is 4.17. The van der Waals surface area contributed by atoms with Gasteiger partial charge < -0.3 is 10.1 Å². The molecule has 0 amide bonds. The molecular weight excluding hydrogens is 339 g/mol. The number of piperidine rings is 1. The zero-order chi connectivity index (χ0) is 17.2. The molecule has 0 spiro atoms. The molecule has 0 saturated carbocycles. The summed E-state index contributed by atoms with van der Waals surface area (Å²) < 4.78 is 44.7. The van der Waals surface area contributed by atoms with Crippen LogP contribution in [-0.2, 0) is 6.18 Å². The molecule has 0 aromatic heterocycles. The lowest BCUT2D eigenvalue weighted by molar-refractivity contribution is -0.137. The molecule has 1 saturated heterocycles. The number of rotatable bonds is 3. The van der Waals surface area contributed by atoms with Crippen molar-refractivity contribution in [3.05, 3.63) is 58.6 Å². The van der Waals surface area contributed by atoms with Gasteiger partial charge >= 0.3 is 6.18 Å². The van der Waals surface area contributed by atoms with Crippen molar-refractivity contribution in [1.29, 1.82) is 0 Å². The van der Waals surface area contributed by atoms with E-state index in [2.05, 4.69) is 5.32 Å². The van der Waals surface area contributed by atoms with Crippen molar-refractivity contribution in [2.75, 3.05) is 13.1 Å². The topological polar surface area (TPSA) is 21.3 Å². The first-order valence-electron chi connectivity index (χ1n) is 7.79. The zero-order valence-electron chi connectivity index (χ0n) is 12.9. The molecule has 0 radical (unpaired) electrons. The van der Waals surface area contributed by atoms with Crippen molar-refractivity contribution in [2.45, 2.75) is 24.9 Å². The van der Waals surface area contributed by atoms with Gasteiger partial charge in [-0.1, -0.05) is 29.8 Å². The number of alkyl halides is 3. The monoisotopic (exact) mass is 355 g/mol. The van der Waals surface area contributed by atoms with E-state index >= 15 is 0 Å². The summed E-state index contributed by atoms with van der Waals surface area (Å²) in [4.78, 5) is 0. The molecule has 2 aromatic rings. The maximum atomic E-state index is 13.0. The second kappa shape index (κ2) is 7.03. The van der Waals surface area contributed by atoms with Gasteiger partial charge in [-0.05, 0) is 61.7 Å². The lowest BCUT2D eigenvalue weighted by Gasteiger charge is -2.25. The molecule has 1 N–H and O–H groups in total. The van der Waals surface area contributed by atoms with Crippen LogP contribution < -0.4 is 10.1 Å². The van der Waals surface area contributed by atoms with Crippen molar-refractivity contribution in [3.63, 3.8) is 0 Å². The quantitative estimate of drug-likeness (QED) is 0.771. The van der Waals surface area contributed by atoms with Crippen molar-refractivity contribution in [2.24, 2.45) is 0 Å². The lowest BCUT2D eigenvalue weighted by atomic mass is 9.89. The number of para-hydroxylation sites is 1. The molecule has 1 heterocycles. The molecule has 128 valence electrons. The summed E-state index contributed by atoms with van der Waals surface area (Å²) in [5.41, 5.74) is 0.142. The van der Waals surface area contributed by atoms with Gasteiger partial charge in [0.1, 0.15) is 11.5 Å². The van der Waals surface area contributed by atoms with E-state index in [4.69, 9.17) is 16.3 Å². The number of benzene rings is 2. The average molecular weight is 356 g/mol. The Kier molecular flexibility index (Phi) is 5.01. The first-order valence-corrected chi connectivity index (χ1v) is 8.17. The summed E-state index contributed by atoms with van der Waals surface area (Å²) in [6, 6.07) is 11.1. The molecule has 1 aliphatic heterocycles. The van der Waals surface area contributed by atoms with E-state index in [1.54, 1.807) is 6.07 Å². The van der Waals surface area contributed by atoms with Gasteiger partial charge in [0.05, 0.1) is 10.6 Å². The second-order valence-electron chi connectivity index (χ2n) is 5.80. The van der Waals surface area contributed by atoms with E-state index in [1.807, 2.05) is 18.2 Å². The van der Waals surface area contributed by atoms with Crippen molar-refractivity contribution >= 4 is 11.6 Å². The molecule has 0 aliphatic carbocycles. The van der Waals surface area contributed by atoms with Crippen LogP contribution in [0.1, 0.15) is 29.9 Å². The van der Waals surface area contributed by atoms with Crippen molar-refractivity contribution in [1.82, 2.24) is 5.32 Å². The number of hydrogen-bond acceptors (Lipinski definition) is 2. The summed E-state index contributed by atoms with van der Waals surface area (Å²) in [7, 11) is 0. The molecule has 1 fully saturated rings. The Labute approximate surface area is 143 Å². The van der Waals surface area contributed by atoms with Crippen LogP contribution in [0.4, 0.5) is 13.2 Å². The molecule has 24 heavy (non-hydrogen) atoms. The predicted molar refractivity (Wildman–Crippen MR) is 87.8 cm³/mol. The van der Waals surface area contributed by atoms with E-state index in [0.29, 0.717) is 11.7 Å². The number of ether oxygens (including phenoxy) is 1. The molecule has 2 aromatic carbocycles. The molecule has 2 nitrogen and oxygen atoms in total. The second-order valence-corrected chi connectivity index (χ2v) is 6.21. The van der Waals surface area contributed by atoms with Gasteiger partial charge in [0, 0.05) is 0 Å². The highest BCUT2D eigenvalue weighted by Gasteiger charge is 2.33. The van der Waals surface area contributed by atoms with Crippen LogP contribution in [0.3, 0.4) is 0 Å². The average Bonchev–Trinajstić information content (AvgIpc) is 2.57. The standard InChI is InChI=1S/C18H17ClF3NO/c19-16-6-5-13(11-15(16)18(20,21)22)24-17-4-2-1-3-14(17)12-7-9-23-10-8-12/h1-6,11-12,23H,7-10H2. The Hall–Kier alpha value is -1.72. The van der Waals surface area contributed by atoms with Crippen LogP contribution >= 0.6 is 11.6 Å². The highest BCUT2D eigenvalue weighted by Crippen LogP contribution is 2.39. The first-order chi connectivity index (χ1) is 11.4. The van der Waals surface area contributed by atoms with Gasteiger partial charge in [0.25, 0.3) is 0 Å². The van der Waals surface area contributed by atoms with Gasteiger partial charge in [0.2, 0.25) is 0 Å². The molecule has 0 atom stereocenters. The fraction of sp³-hybridized carbons (Fsp3) is 0.333. The summed E-state index contributed by atoms with van der Waals surface area (Å²) in [5.74, 6) is 1.07. The van der Waals surface area contributed by atoms with E-state index in [0.717, 1.165) is 37.6 Å². The molecule has 3 rings (SSSR count). The van der Waals surface area contributed by atoms with Crippen LogP contribution in [-0.4, -0.2) is 13.1 Å². The van der Waals surface area contributed by atoms with Crippen molar-refractivity contribution < 1.29 is 17.9 Å². The van der Waals surface area contributed by atoms with E-state index < -0.39 is 11.7 Å². The Balaban J connectivity index is 1.89. The highest BCUT2D eigenvalue weighted by molar-refractivity contribution is 6.31. The fourth-order valence-corrected chi connectivity index (χ4v) is 3.18. The minimum Gasteiger partial charge on any atom is -0.457 e. The molecular formula is C18H17ClF3NO. The third-order valence-corrected chi connectivity index (χ3v) is 4.50. The molecule has 1 aliphatic rings. The van der Waals surface area contributed by atoms with E-state index in [9.17, 15) is 13.2 Å².